The molecule has 3 N–H and O–H groups in total. The SMILES string of the molecule is Cc1cn(N=Cc2ccc(-c3cccc(O)c3)cc2)c(N)n1. The normalized spacial score (nSPS) is 11.1. The molecule has 0 saturated carbocycles. The molecule has 3 rings (SSSR count). The van der Waals surface area contributed by atoms with Crippen molar-refractivity contribution < 1.29 is 5.11 Å². The lowest BCUT2D eigenvalue weighted by atomic mass is 10.0. The van der Waals surface area contributed by atoms with Gasteiger partial charge in [0, 0.05) is 0 Å². The number of aromatic hydroxyl groups is 1. The topological polar surface area (TPSA) is 76.4 Å². The molecule has 0 atom stereocenters. The van der Waals surface area contributed by atoms with E-state index in [0.717, 1.165) is 22.4 Å². The average Bonchev–Trinajstić information content (AvgIpc) is 2.83. The van der Waals surface area contributed by atoms with Gasteiger partial charge in [-0.05, 0) is 35.7 Å². The second-order valence-corrected chi connectivity index (χ2v) is 5.00. The lowest BCUT2D eigenvalue weighted by molar-refractivity contribution is 0.475. The van der Waals surface area contributed by atoms with Gasteiger partial charge in [-0.15, -0.1) is 0 Å². The summed E-state index contributed by atoms with van der Waals surface area (Å²) in [4.78, 5) is 4.09. The predicted octanol–water partition coefficient (Wildman–Crippen LogP) is 3.03. The Labute approximate surface area is 128 Å². The highest BCUT2D eigenvalue weighted by molar-refractivity contribution is 5.81. The molecule has 2 aromatic carbocycles. The van der Waals surface area contributed by atoms with Crippen molar-refractivity contribution in [2.24, 2.45) is 5.10 Å². The van der Waals surface area contributed by atoms with Crippen LogP contribution >= 0.6 is 0 Å². The maximum Gasteiger partial charge on any atom is 0.221 e. The summed E-state index contributed by atoms with van der Waals surface area (Å²) in [5.41, 5.74) is 9.52. The van der Waals surface area contributed by atoms with Crippen LogP contribution in [0.3, 0.4) is 0 Å². The third-order valence-corrected chi connectivity index (χ3v) is 3.26. The fraction of sp³-hybridized carbons (Fsp3) is 0.0588. The number of hydrogen-bond donors (Lipinski definition) is 2. The van der Waals surface area contributed by atoms with Crippen LogP contribution < -0.4 is 5.73 Å². The van der Waals surface area contributed by atoms with E-state index in [4.69, 9.17) is 5.73 Å². The molecule has 5 heteroatoms. The Morgan fingerprint density at radius 3 is 2.55 bits per heavy atom. The quantitative estimate of drug-likeness (QED) is 0.728. The number of phenols is 1. The van der Waals surface area contributed by atoms with E-state index in [2.05, 4.69) is 10.1 Å². The molecule has 0 aliphatic heterocycles. The zero-order valence-electron chi connectivity index (χ0n) is 12.1. The molecule has 0 bridgehead atoms. The third kappa shape index (κ3) is 2.98. The fourth-order valence-electron chi connectivity index (χ4n) is 2.17. The molecule has 0 unspecified atom stereocenters. The van der Waals surface area contributed by atoms with Crippen LogP contribution in [0.4, 0.5) is 5.95 Å². The molecule has 0 saturated heterocycles. The molecule has 1 aromatic heterocycles. The largest absolute Gasteiger partial charge is 0.508 e. The minimum Gasteiger partial charge on any atom is -0.508 e. The maximum absolute atomic E-state index is 9.53. The van der Waals surface area contributed by atoms with Crippen LogP contribution in [0.1, 0.15) is 11.3 Å². The molecule has 5 nitrogen and oxygen atoms in total. The Kier molecular flexibility index (Phi) is 3.62. The molecule has 1 heterocycles. The van der Waals surface area contributed by atoms with Gasteiger partial charge in [-0.2, -0.15) is 5.10 Å². The van der Waals surface area contributed by atoms with Crippen molar-refractivity contribution in [1.82, 2.24) is 9.66 Å². The highest BCUT2D eigenvalue weighted by Gasteiger charge is 2.00. The smallest absolute Gasteiger partial charge is 0.221 e. The van der Waals surface area contributed by atoms with Gasteiger partial charge >= 0.3 is 0 Å². The number of nitrogen functional groups attached to an aromatic ring is 1. The standard InChI is InChI=1S/C17H16N4O/c1-12-11-21(17(18)20-12)19-10-13-5-7-14(8-6-13)15-3-2-4-16(22)9-15/h2-11,22H,1H3,(H2,18,20). The first-order valence-electron chi connectivity index (χ1n) is 6.87. The molecule has 22 heavy (non-hydrogen) atoms. The molecule has 0 fully saturated rings. The van der Waals surface area contributed by atoms with Gasteiger partial charge in [-0.25, -0.2) is 9.66 Å². The monoisotopic (exact) mass is 292 g/mol. The van der Waals surface area contributed by atoms with Crippen molar-refractivity contribution in [2.45, 2.75) is 6.92 Å². The van der Waals surface area contributed by atoms with E-state index in [1.54, 1.807) is 29.2 Å². The number of nitrogens with zero attached hydrogens (tertiary/aromatic N) is 3. The predicted molar refractivity (Wildman–Crippen MR) is 87.9 cm³/mol. The molecule has 0 radical (unpaired) electrons. The first-order chi connectivity index (χ1) is 10.6. The Hall–Kier alpha value is -3.08. The lowest BCUT2D eigenvalue weighted by Crippen LogP contribution is -1.96. The number of hydrogen-bond acceptors (Lipinski definition) is 4. The first-order valence-corrected chi connectivity index (χ1v) is 6.87. The van der Waals surface area contributed by atoms with Gasteiger partial charge in [0.2, 0.25) is 5.95 Å². The Bertz CT molecular complexity index is 819. The van der Waals surface area contributed by atoms with Crippen LogP contribution in [0.2, 0.25) is 0 Å². The molecule has 0 amide bonds. The number of nitrogens with two attached hydrogens (primary N) is 1. The Morgan fingerprint density at radius 2 is 1.91 bits per heavy atom. The van der Waals surface area contributed by atoms with Gasteiger partial charge in [0.05, 0.1) is 18.1 Å². The summed E-state index contributed by atoms with van der Waals surface area (Å²) in [7, 11) is 0. The van der Waals surface area contributed by atoms with Crippen molar-refractivity contribution >= 4 is 12.2 Å². The molecule has 0 aliphatic rings. The number of imidazole rings is 1. The summed E-state index contributed by atoms with van der Waals surface area (Å²) < 4.78 is 1.54. The van der Waals surface area contributed by atoms with Crippen molar-refractivity contribution in [3.8, 4) is 16.9 Å². The second kappa shape index (κ2) is 5.73. The summed E-state index contributed by atoms with van der Waals surface area (Å²) >= 11 is 0. The molecule has 0 aliphatic carbocycles. The number of benzene rings is 2. The average molecular weight is 292 g/mol. The van der Waals surface area contributed by atoms with Gasteiger partial charge in [-0.3, -0.25) is 0 Å². The van der Waals surface area contributed by atoms with Crippen molar-refractivity contribution in [1.29, 1.82) is 0 Å². The van der Waals surface area contributed by atoms with Crippen molar-refractivity contribution in [3.05, 3.63) is 66.0 Å². The van der Waals surface area contributed by atoms with Gasteiger partial charge in [-0.1, -0.05) is 36.4 Å². The fourth-order valence-corrected chi connectivity index (χ4v) is 2.17. The minimum absolute atomic E-state index is 0.258. The van der Waals surface area contributed by atoms with Crippen LogP contribution in [0, 0.1) is 6.92 Å². The van der Waals surface area contributed by atoms with Gasteiger partial charge in [0.1, 0.15) is 5.75 Å². The van der Waals surface area contributed by atoms with Gasteiger partial charge in [0.15, 0.2) is 0 Å². The lowest BCUT2D eigenvalue weighted by Gasteiger charge is -2.03. The summed E-state index contributed by atoms with van der Waals surface area (Å²) in [6, 6.07) is 15.1. The molecular weight excluding hydrogens is 276 g/mol. The van der Waals surface area contributed by atoms with E-state index in [0.29, 0.717) is 5.95 Å². The van der Waals surface area contributed by atoms with E-state index in [-0.39, 0.29) is 5.75 Å². The van der Waals surface area contributed by atoms with Crippen LogP contribution in [-0.4, -0.2) is 21.0 Å². The van der Waals surface area contributed by atoms with Crippen molar-refractivity contribution in [3.63, 3.8) is 0 Å². The number of rotatable bonds is 3. The minimum atomic E-state index is 0.258. The van der Waals surface area contributed by atoms with Crippen molar-refractivity contribution in [2.75, 3.05) is 5.73 Å². The van der Waals surface area contributed by atoms with Crippen LogP contribution in [0.15, 0.2) is 59.8 Å². The number of phenolic OH excluding ortho intramolecular Hbond substituents is 1. The number of aromatic nitrogens is 2. The molecular formula is C17H16N4O. The van der Waals surface area contributed by atoms with E-state index >= 15 is 0 Å². The van der Waals surface area contributed by atoms with Crippen LogP contribution in [0.5, 0.6) is 5.75 Å². The summed E-state index contributed by atoms with van der Waals surface area (Å²) in [5, 5.41) is 13.8. The molecule has 110 valence electrons. The van der Waals surface area contributed by atoms with E-state index in [1.807, 2.05) is 43.3 Å². The first kappa shape index (κ1) is 13.9. The zero-order valence-corrected chi connectivity index (χ0v) is 12.1. The summed E-state index contributed by atoms with van der Waals surface area (Å²) in [5.74, 6) is 0.624. The second-order valence-electron chi connectivity index (χ2n) is 5.00. The van der Waals surface area contributed by atoms with Gasteiger partial charge < -0.3 is 10.8 Å². The van der Waals surface area contributed by atoms with E-state index in [1.165, 1.54) is 0 Å². The third-order valence-electron chi connectivity index (χ3n) is 3.26. The summed E-state index contributed by atoms with van der Waals surface area (Å²) in [6.07, 6.45) is 3.50. The van der Waals surface area contributed by atoms with Crippen LogP contribution in [-0.2, 0) is 0 Å². The highest BCUT2D eigenvalue weighted by Crippen LogP contribution is 2.23. The Balaban J connectivity index is 1.81. The highest BCUT2D eigenvalue weighted by atomic mass is 16.3. The summed E-state index contributed by atoms with van der Waals surface area (Å²) in [6.45, 7) is 1.87. The molecule has 0 spiro atoms. The number of anilines is 1. The number of aryl methyl sites for hydroxylation is 1. The zero-order chi connectivity index (χ0) is 15.5. The maximum atomic E-state index is 9.53. The van der Waals surface area contributed by atoms with Gasteiger partial charge in [0.25, 0.3) is 0 Å². The Morgan fingerprint density at radius 1 is 1.14 bits per heavy atom. The van der Waals surface area contributed by atoms with E-state index < -0.39 is 0 Å². The van der Waals surface area contributed by atoms with Crippen LogP contribution in [0.25, 0.3) is 11.1 Å². The molecule has 3 aromatic rings. The van der Waals surface area contributed by atoms with E-state index in [9.17, 15) is 5.11 Å².